The highest BCUT2D eigenvalue weighted by Gasteiger charge is 2.42. The van der Waals surface area contributed by atoms with Crippen LogP contribution in [0.3, 0.4) is 0 Å². The molecule has 1 aromatic rings. The maximum atomic E-state index is 11.8. The predicted octanol–water partition coefficient (Wildman–Crippen LogP) is 3.75. The minimum Gasteiger partial charge on any atom is -0.472 e. The van der Waals surface area contributed by atoms with Gasteiger partial charge in [-0.05, 0) is 42.6 Å². The van der Waals surface area contributed by atoms with E-state index in [1.54, 1.807) is 12.5 Å². The molecule has 17 heavy (non-hydrogen) atoms. The van der Waals surface area contributed by atoms with Gasteiger partial charge < -0.3 is 4.42 Å². The number of carbonyl (C=O) groups excluding carboxylic acids is 1. The van der Waals surface area contributed by atoms with Crippen LogP contribution in [0.1, 0.15) is 38.7 Å². The van der Waals surface area contributed by atoms with Gasteiger partial charge in [-0.1, -0.05) is 13.0 Å². The van der Waals surface area contributed by atoms with Crippen LogP contribution in [0, 0.1) is 5.41 Å². The average Bonchev–Trinajstić information content (AvgIpc) is 2.91. The molecule has 3 rings (SSSR count). The van der Waals surface area contributed by atoms with Gasteiger partial charge in [0.25, 0.3) is 0 Å². The summed E-state index contributed by atoms with van der Waals surface area (Å²) >= 11 is 0. The van der Waals surface area contributed by atoms with Crippen molar-refractivity contribution in [3.05, 3.63) is 41.4 Å². The van der Waals surface area contributed by atoms with E-state index in [-0.39, 0.29) is 5.41 Å². The van der Waals surface area contributed by atoms with Crippen molar-refractivity contribution in [3.8, 4) is 0 Å². The predicted molar refractivity (Wildman–Crippen MR) is 66.4 cm³/mol. The molecule has 88 valence electrons. The number of furan rings is 1. The largest absolute Gasteiger partial charge is 0.472 e. The van der Waals surface area contributed by atoms with E-state index < -0.39 is 0 Å². The van der Waals surface area contributed by atoms with Gasteiger partial charge in [0.15, 0.2) is 5.78 Å². The molecule has 0 bridgehead atoms. The topological polar surface area (TPSA) is 30.2 Å². The Morgan fingerprint density at radius 3 is 2.94 bits per heavy atom. The summed E-state index contributed by atoms with van der Waals surface area (Å²) in [4.78, 5) is 11.8. The first-order chi connectivity index (χ1) is 8.13. The van der Waals surface area contributed by atoms with Gasteiger partial charge >= 0.3 is 0 Å². The second kappa shape index (κ2) is 3.46. The number of hydrogen-bond donors (Lipinski definition) is 0. The van der Waals surface area contributed by atoms with Gasteiger partial charge in [-0.25, -0.2) is 0 Å². The van der Waals surface area contributed by atoms with Crippen molar-refractivity contribution in [2.24, 2.45) is 5.41 Å². The fourth-order valence-electron chi connectivity index (χ4n) is 3.24. The summed E-state index contributed by atoms with van der Waals surface area (Å²) in [7, 11) is 0. The van der Waals surface area contributed by atoms with E-state index >= 15 is 0 Å². The Bertz CT molecular complexity index is 531. The number of rotatable bonds is 1. The number of fused-ring (bicyclic) bond motifs is 1. The van der Waals surface area contributed by atoms with Gasteiger partial charge in [-0.15, -0.1) is 0 Å². The van der Waals surface area contributed by atoms with E-state index in [1.165, 1.54) is 11.1 Å². The fraction of sp³-hybridized carbons (Fsp3) is 0.400. The summed E-state index contributed by atoms with van der Waals surface area (Å²) in [6.07, 6.45) is 8.27. The number of carbonyl (C=O) groups is 1. The third-order valence-corrected chi connectivity index (χ3v) is 4.33. The van der Waals surface area contributed by atoms with Gasteiger partial charge in [0.05, 0.1) is 12.5 Å². The Morgan fingerprint density at radius 2 is 2.24 bits per heavy atom. The third-order valence-electron chi connectivity index (χ3n) is 4.33. The molecule has 1 heterocycles. The first kappa shape index (κ1) is 10.6. The minimum atomic E-state index is 0.0435. The summed E-state index contributed by atoms with van der Waals surface area (Å²) in [5, 5.41) is 0. The van der Waals surface area contributed by atoms with Crippen LogP contribution in [-0.2, 0) is 4.79 Å². The zero-order valence-electron chi connectivity index (χ0n) is 10.2. The molecule has 2 heteroatoms. The molecule has 1 atom stereocenters. The zero-order chi connectivity index (χ0) is 12.0. The summed E-state index contributed by atoms with van der Waals surface area (Å²) in [5.41, 5.74) is 4.82. The fourth-order valence-corrected chi connectivity index (χ4v) is 3.24. The third kappa shape index (κ3) is 1.36. The Balaban J connectivity index is 2.10. The van der Waals surface area contributed by atoms with Crippen LogP contribution in [0.4, 0.5) is 0 Å². The van der Waals surface area contributed by atoms with Crippen molar-refractivity contribution in [1.82, 2.24) is 0 Å². The standard InChI is InChI=1S/C15H16O2/c1-10-12-3-4-13(11-6-8-17-9-11)15(12,2)7-5-14(10)16/h4,6,8-9H,3,5,7H2,1-2H3. The van der Waals surface area contributed by atoms with Crippen LogP contribution in [0.5, 0.6) is 0 Å². The van der Waals surface area contributed by atoms with Gasteiger partial charge in [0.1, 0.15) is 0 Å². The average molecular weight is 228 g/mol. The Morgan fingerprint density at radius 1 is 1.41 bits per heavy atom. The molecule has 0 spiro atoms. The minimum absolute atomic E-state index is 0.0435. The molecule has 0 radical (unpaired) electrons. The maximum absolute atomic E-state index is 11.8. The highest BCUT2D eigenvalue weighted by Crippen LogP contribution is 2.54. The van der Waals surface area contributed by atoms with Crippen LogP contribution >= 0.6 is 0 Å². The second-order valence-corrected chi connectivity index (χ2v) is 5.19. The van der Waals surface area contributed by atoms with Crippen molar-refractivity contribution in [2.75, 3.05) is 0 Å². The highest BCUT2D eigenvalue weighted by molar-refractivity contribution is 5.99. The lowest BCUT2D eigenvalue weighted by atomic mass is 9.68. The zero-order valence-corrected chi connectivity index (χ0v) is 10.2. The van der Waals surface area contributed by atoms with E-state index in [4.69, 9.17) is 4.42 Å². The molecule has 2 aliphatic rings. The summed E-state index contributed by atoms with van der Waals surface area (Å²) in [6, 6.07) is 2.01. The van der Waals surface area contributed by atoms with Crippen LogP contribution in [-0.4, -0.2) is 5.78 Å². The molecule has 0 N–H and O–H groups in total. The molecule has 0 aliphatic heterocycles. The van der Waals surface area contributed by atoms with Crippen LogP contribution in [0.2, 0.25) is 0 Å². The molecule has 1 unspecified atom stereocenters. The van der Waals surface area contributed by atoms with Crippen LogP contribution in [0.15, 0.2) is 40.2 Å². The van der Waals surface area contributed by atoms with Crippen molar-refractivity contribution in [3.63, 3.8) is 0 Å². The number of hydrogen-bond acceptors (Lipinski definition) is 2. The molecular weight excluding hydrogens is 212 g/mol. The lowest BCUT2D eigenvalue weighted by molar-refractivity contribution is -0.116. The van der Waals surface area contributed by atoms with E-state index in [1.807, 2.05) is 13.0 Å². The SMILES string of the molecule is CC1=C2CC=C(c3ccoc3)C2(C)CCC1=O. The molecule has 0 aromatic carbocycles. The second-order valence-electron chi connectivity index (χ2n) is 5.19. The first-order valence-electron chi connectivity index (χ1n) is 6.09. The van der Waals surface area contributed by atoms with Gasteiger partial charge in [0, 0.05) is 17.4 Å². The summed E-state index contributed by atoms with van der Waals surface area (Å²) in [5.74, 6) is 0.319. The molecule has 0 fully saturated rings. The van der Waals surface area contributed by atoms with Gasteiger partial charge in [0.2, 0.25) is 0 Å². The lowest BCUT2D eigenvalue weighted by Gasteiger charge is -2.34. The molecule has 0 saturated carbocycles. The van der Waals surface area contributed by atoms with Crippen LogP contribution < -0.4 is 0 Å². The van der Waals surface area contributed by atoms with E-state index in [0.717, 1.165) is 24.0 Å². The Labute approximate surface area is 101 Å². The number of Topliss-reactive ketones (excluding diaryl/α,β-unsaturated/α-hetero) is 1. The number of allylic oxidation sites excluding steroid dienone is 4. The molecule has 0 amide bonds. The number of ketones is 1. The Kier molecular flexibility index (Phi) is 2.15. The normalized spacial score (nSPS) is 28.4. The smallest absolute Gasteiger partial charge is 0.158 e. The molecule has 1 aromatic heterocycles. The summed E-state index contributed by atoms with van der Waals surface area (Å²) in [6.45, 7) is 4.23. The van der Waals surface area contributed by atoms with Crippen molar-refractivity contribution >= 4 is 11.4 Å². The summed E-state index contributed by atoms with van der Waals surface area (Å²) < 4.78 is 5.18. The van der Waals surface area contributed by atoms with E-state index in [2.05, 4.69) is 13.0 Å². The molecule has 2 nitrogen and oxygen atoms in total. The Hall–Kier alpha value is -1.57. The van der Waals surface area contributed by atoms with E-state index in [0.29, 0.717) is 12.2 Å². The lowest BCUT2D eigenvalue weighted by Crippen LogP contribution is -2.26. The van der Waals surface area contributed by atoms with E-state index in [9.17, 15) is 4.79 Å². The maximum Gasteiger partial charge on any atom is 0.158 e. The molecule has 2 aliphatic carbocycles. The highest BCUT2D eigenvalue weighted by atomic mass is 16.3. The molecule has 0 saturated heterocycles. The first-order valence-corrected chi connectivity index (χ1v) is 6.09. The molecular formula is C15H16O2. The van der Waals surface area contributed by atoms with Gasteiger partial charge in [-0.2, -0.15) is 0 Å². The van der Waals surface area contributed by atoms with Gasteiger partial charge in [-0.3, -0.25) is 4.79 Å². The van der Waals surface area contributed by atoms with Crippen molar-refractivity contribution < 1.29 is 9.21 Å². The van der Waals surface area contributed by atoms with Crippen molar-refractivity contribution in [2.45, 2.75) is 33.1 Å². The van der Waals surface area contributed by atoms with Crippen LogP contribution in [0.25, 0.3) is 5.57 Å². The quantitative estimate of drug-likeness (QED) is 0.732. The van der Waals surface area contributed by atoms with Crippen molar-refractivity contribution in [1.29, 1.82) is 0 Å². The monoisotopic (exact) mass is 228 g/mol.